The zero-order chi connectivity index (χ0) is 10.6. The van der Waals surface area contributed by atoms with Gasteiger partial charge in [-0.3, -0.25) is 0 Å². The van der Waals surface area contributed by atoms with Crippen LogP contribution >= 0.6 is 0 Å². The summed E-state index contributed by atoms with van der Waals surface area (Å²) in [6.45, 7) is 6.29. The van der Waals surface area contributed by atoms with Crippen LogP contribution in [0.15, 0.2) is 36.0 Å². The second-order valence-corrected chi connectivity index (χ2v) is 3.61. The molecule has 0 heterocycles. The summed E-state index contributed by atoms with van der Waals surface area (Å²) in [5, 5.41) is 0. The lowest BCUT2D eigenvalue weighted by Gasteiger charge is -2.13. The average molecular weight is 189 g/mol. The molecule has 1 rings (SSSR count). The quantitative estimate of drug-likeness (QED) is 0.776. The van der Waals surface area contributed by atoms with Gasteiger partial charge in [-0.05, 0) is 24.5 Å². The first-order valence-electron chi connectivity index (χ1n) is 5.19. The lowest BCUT2D eigenvalue weighted by atomic mass is 9.95. The highest BCUT2D eigenvalue weighted by Crippen LogP contribution is 2.21. The van der Waals surface area contributed by atoms with Crippen LogP contribution in [-0.2, 0) is 6.42 Å². The van der Waals surface area contributed by atoms with Gasteiger partial charge in [0.1, 0.15) is 0 Å². The summed E-state index contributed by atoms with van der Waals surface area (Å²) in [4.78, 5) is 0. The maximum absolute atomic E-state index is 5.90. The molecule has 1 atom stereocenters. The molecule has 0 aromatic heterocycles. The van der Waals surface area contributed by atoms with E-state index in [4.69, 9.17) is 5.73 Å². The van der Waals surface area contributed by atoms with E-state index in [2.05, 4.69) is 38.1 Å². The van der Waals surface area contributed by atoms with E-state index in [0.717, 1.165) is 12.1 Å². The molecule has 0 radical (unpaired) electrons. The number of rotatable bonds is 3. The van der Waals surface area contributed by atoms with Gasteiger partial charge in [0.25, 0.3) is 0 Å². The van der Waals surface area contributed by atoms with E-state index in [1.165, 1.54) is 11.1 Å². The van der Waals surface area contributed by atoms with Gasteiger partial charge in [-0.25, -0.2) is 0 Å². The number of hydrogen-bond donors (Lipinski definition) is 1. The van der Waals surface area contributed by atoms with Crippen LogP contribution in [0.1, 0.15) is 37.8 Å². The molecule has 0 amide bonds. The predicted octanol–water partition coefficient (Wildman–Crippen LogP) is 3.22. The van der Waals surface area contributed by atoms with Gasteiger partial charge >= 0.3 is 0 Å². The SMILES string of the molecule is C/C=C(/N)C(C)c1cccc(CC)c1. The van der Waals surface area contributed by atoms with Crippen molar-refractivity contribution in [3.8, 4) is 0 Å². The van der Waals surface area contributed by atoms with E-state index in [0.29, 0.717) is 5.92 Å². The Kier molecular flexibility index (Phi) is 3.75. The van der Waals surface area contributed by atoms with Crippen molar-refractivity contribution in [3.05, 3.63) is 47.2 Å². The molecule has 1 unspecified atom stereocenters. The van der Waals surface area contributed by atoms with Crippen molar-refractivity contribution in [1.29, 1.82) is 0 Å². The van der Waals surface area contributed by atoms with E-state index < -0.39 is 0 Å². The maximum Gasteiger partial charge on any atom is 0.0204 e. The molecular weight excluding hydrogens is 170 g/mol. The van der Waals surface area contributed by atoms with Crippen LogP contribution in [0.4, 0.5) is 0 Å². The number of benzene rings is 1. The van der Waals surface area contributed by atoms with Gasteiger partial charge in [-0.1, -0.05) is 44.2 Å². The van der Waals surface area contributed by atoms with Gasteiger partial charge in [0.15, 0.2) is 0 Å². The Labute approximate surface area is 86.6 Å². The number of hydrogen-bond acceptors (Lipinski definition) is 1. The zero-order valence-corrected chi connectivity index (χ0v) is 9.25. The molecule has 0 spiro atoms. The maximum atomic E-state index is 5.90. The number of allylic oxidation sites excluding steroid dienone is 2. The van der Waals surface area contributed by atoms with E-state index in [1.807, 2.05) is 13.0 Å². The van der Waals surface area contributed by atoms with Crippen LogP contribution in [-0.4, -0.2) is 0 Å². The summed E-state index contributed by atoms with van der Waals surface area (Å²) in [5.74, 6) is 0.325. The van der Waals surface area contributed by atoms with E-state index in [-0.39, 0.29) is 0 Å². The van der Waals surface area contributed by atoms with Crippen LogP contribution in [0.2, 0.25) is 0 Å². The molecule has 2 N–H and O–H groups in total. The third-order valence-corrected chi connectivity index (χ3v) is 2.69. The molecule has 0 aliphatic rings. The monoisotopic (exact) mass is 189 g/mol. The van der Waals surface area contributed by atoms with Crippen LogP contribution in [0.25, 0.3) is 0 Å². The second-order valence-electron chi connectivity index (χ2n) is 3.61. The Bertz CT molecular complexity index is 326. The molecule has 0 fully saturated rings. The van der Waals surface area contributed by atoms with Crippen molar-refractivity contribution in [2.75, 3.05) is 0 Å². The molecule has 0 bridgehead atoms. The molecule has 0 saturated heterocycles. The topological polar surface area (TPSA) is 26.0 Å². The lowest BCUT2D eigenvalue weighted by molar-refractivity contribution is 0.870. The standard InChI is InChI=1S/C13H19N/c1-4-11-7-6-8-12(9-11)10(3)13(14)5-2/h5-10H,4,14H2,1-3H3/b13-5+. The zero-order valence-electron chi connectivity index (χ0n) is 9.25. The predicted molar refractivity (Wildman–Crippen MR) is 62.2 cm³/mol. The van der Waals surface area contributed by atoms with Gasteiger partial charge in [-0.15, -0.1) is 0 Å². The first kappa shape index (κ1) is 10.8. The largest absolute Gasteiger partial charge is 0.402 e. The molecule has 76 valence electrons. The van der Waals surface area contributed by atoms with Gasteiger partial charge in [0.05, 0.1) is 0 Å². The Morgan fingerprint density at radius 3 is 2.79 bits per heavy atom. The lowest BCUT2D eigenvalue weighted by Crippen LogP contribution is -2.06. The van der Waals surface area contributed by atoms with E-state index in [1.54, 1.807) is 0 Å². The molecule has 14 heavy (non-hydrogen) atoms. The third-order valence-electron chi connectivity index (χ3n) is 2.69. The van der Waals surface area contributed by atoms with Crippen LogP contribution in [0, 0.1) is 0 Å². The smallest absolute Gasteiger partial charge is 0.0204 e. The summed E-state index contributed by atoms with van der Waals surface area (Å²) in [6.07, 6.45) is 3.06. The summed E-state index contributed by atoms with van der Waals surface area (Å²) < 4.78 is 0. The highest BCUT2D eigenvalue weighted by atomic mass is 14.6. The minimum atomic E-state index is 0.325. The van der Waals surface area contributed by atoms with Crippen molar-refractivity contribution < 1.29 is 0 Å². The van der Waals surface area contributed by atoms with Crippen LogP contribution < -0.4 is 5.73 Å². The normalized spacial score (nSPS) is 14.1. The van der Waals surface area contributed by atoms with Gasteiger partial charge in [0.2, 0.25) is 0 Å². The number of nitrogens with two attached hydrogens (primary N) is 1. The van der Waals surface area contributed by atoms with Gasteiger partial charge < -0.3 is 5.73 Å². The molecule has 0 saturated carbocycles. The molecule has 1 heteroatoms. The van der Waals surface area contributed by atoms with E-state index in [9.17, 15) is 0 Å². The molecule has 1 aromatic rings. The summed E-state index contributed by atoms with van der Waals surface area (Å²) in [7, 11) is 0. The van der Waals surface area contributed by atoms with Gasteiger partial charge in [0, 0.05) is 11.6 Å². The second kappa shape index (κ2) is 4.85. The average Bonchev–Trinajstić information content (AvgIpc) is 2.27. The van der Waals surface area contributed by atoms with Crippen LogP contribution in [0.3, 0.4) is 0 Å². The fourth-order valence-electron chi connectivity index (χ4n) is 1.52. The fraction of sp³-hybridized carbons (Fsp3) is 0.385. The third kappa shape index (κ3) is 2.38. The minimum Gasteiger partial charge on any atom is -0.402 e. The van der Waals surface area contributed by atoms with Crippen molar-refractivity contribution >= 4 is 0 Å². The molecular formula is C13H19N. The Balaban J connectivity index is 2.95. The fourth-order valence-corrected chi connectivity index (χ4v) is 1.52. The summed E-state index contributed by atoms with van der Waals surface area (Å²) >= 11 is 0. The minimum absolute atomic E-state index is 0.325. The summed E-state index contributed by atoms with van der Waals surface area (Å²) in [5.41, 5.74) is 9.52. The van der Waals surface area contributed by atoms with Crippen molar-refractivity contribution in [3.63, 3.8) is 0 Å². The van der Waals surface area contributed by atoms with E-state index >= 15 is 0 Å². The highest BCUT2D eigenvalue weighted by Gasteiger charge is 2.07. The first-order valence-corrected chi connectivity index (χ1v) is 5.19. The number of aryl methyl sites for hydroxylation is 1. The first-order chi connectivity index (χ1) is 6.69. The highest BCUT2D eigenvalue weighted by molar-refractivity contribution is 5.30. The van der Waals surface area contributed by atoms with Crippen molar-refractivity contribution in [2.45, 2.75) is 33.1 Å². The molecule has 1 aromatic carbocycles. The Morgan fingerprint density at radius 2 is 2.21 bits per heavy atom. The molecule has 0 aliphatic carbocycles. The molecule has 1 nitrogen and oxygen atoms in total. The Hall–Kier alpha value is -1.24. The molecule has 0 aliphatic heterocycles. The van der Waals surface area contributed by atoms with Crippen LogP contribution in [0.5, 0.6) is 0 Å². The Morgan fingerprint density at radius 1 is 1.50 bits per heavy atom. The van der Waals surface area contributed by atoms with Crippen molar-refractivity contribution in [1.82, 2.24) is 0 Å². The summed E-state index contributed by atoms with van der Waals surface area (Å²) in [6, 6.07) is 8.64. The van der Waals surface area contributed by atoms with Crippen molar-refractivity contribution in [2.24, 2.45) is 5.73 Å². The van der Waals surface area contributed by atoms with Gasteiger partial charge in [-0.2, -0.15) is 0 Å².